The van der Waals surface area contributed by atoms with E-state index in [-0.39, 0.29) is 23.9 Å². The summed E-state index contributed by atoms with van der Waals surface area (Å²) in [4.78, 5) is 22.5. The van der Waals surface area contributed by atoms with Gasteiger partial charge in [0, 0.05) is 44.4 Å². The minimum absolute atomic E-state index is 0.0997. The lowest BCUT2D eigenvalue weighted by atomic mass is 10.2. The van der Waals surface area contributed by atoms with Crippen LogP contribution in [-0.2, 0) is 21.8 Å². The van der Waals surface area contributed by atoms with Gasteiger partial charge in [0.05, 0.1) is 11.5 Å². The number of carbonyl (C=O) groups excluding carboxylic acids is 1. The van der Waals surface area contributed by atoms with E-state index in [0.717, 1.165) is 12.1 Å². The van der Waals surface area contributed by atoms with Gasteiger partial charge in [0.1, 0.15) is 10.6 Å². The number of aryl methyl sites for hydroxylation is 1. The van der Waals surface area contributed by atoms with Crippen LogP contribution in [0.4, 0.5) is 5.69 Å². The largest absolute Gasteiger partial charge is 0.438 e. The average molecular weight is 470 g/mol. The van der Waals surface area contributed by atoms with Gasteiger partial charge < -0.3 is 14.8 Å². The number of hydrogen-bond donors (Lipinski definition) is 2. The van der Waals surface area contributed by atoms with Crippen molar-refractivity contribution in [3.8, 4) is 11.6 Å². The first-order chi connectivity index (χ1) is 15.0. The average Bonchev–Trinajstić information content (AvgIpc) is 3.01. The highest BCUT2D eigenvalue weighted by atomic mass is 32.2. The SMILES string of the molecule is CCC(C)NS(=O)(=O)c1cc([N+](=O)[O-])ccc1Oc1c(C)c(C(=O)NCCOC)nn1C. The standard InChI is InChI=1S/C19H27N5O7S/c1-6-12(2)22-32(28,29)16-11-14(24(26)27)7-8-15(16)31-19-13(3)17(21-23(19)4)18(25)20-9-10-30-5/h7-8,11-12,22H,6,9-10H2,1-5H3,(H,20,25). The van der Waals surface area contributed by atoms with Crippen LogP contribution >= 0.6 is 0 Å². The van der Waals surface area contributed by atoms with Crippen molar-refractivity contribution in [3.63, 3.8) is 0 Å². The Morgan fingerprint density at radius 3 is 2.66 bits per heavy atom. The minimum atomic E-state index is -4.13. The number of rotatable bonds is 11. The number of nitro benzene ring substituents is 1. The molecule has 0 radical (unpaired) electrons. The molecule has 12 nitrogen and oxygen atoms in total. The first kappa shape index (κ1) is 25.2. The minimum Gasteiger partial charge on any atom is -0.438 e. The van der Waals surface area contributed by atoms with Gasteiger partial charge in [0.15, 0.2) is 5.69 Å². The van der Waals surface area contributed by atoms with Crippen molar-refractivity contribution in [1.82, 2.24) is 19.8 Å². The summed E-state index contributed by atoms with van der Waals surface area (Å²) in [5.74, 6) is -0.459. The van der Waals surface area contributed by atoms with Gasteiger partial charge in [-0.2, -0.15) is 5.10 Å². The summed E-state index contributed by atoms with van der Waals surface area (Å²) in [5, 5.41) is 18.0. The van der Waals surface area contributed by atoms with Gasteiger partial charge in [-0.3, -0.25) is 14.9 Å². The Labute approximate surface area is 186 Å². The van der Waals surface area contributed by atoms with E-state index in [1.54, 1.807) is 20.8 Å². The molecule has 0 bridgehead atoms. The van der Waals surface area contributed by atoms with Crippen molar-refractivity contribution >= 4 is 21.6 Å². The van der Waals surface area contributed by atoms with Crippen LogP contribution in [0.5, 0.6) is 11.6 Å². The summed E-state index contributed by atoms with van der Waals surface area (Å²) in [5.41, 5.74) is 0.0727. The molecule has 1 heterocycles. The molecule has 1 unspecified atom stereocenters. The number of nitrogens with one attached hydrogen (secondary N) is 2. The normalized spacial score (nSPS) is 12.4. The van der Waals surface area contributed by atoms with E-state index >= 15 is 0 Å². The van der Waals surface area contributed by atoms with Crippen LogP contribution in [-0.4, -0.2) is 55.3 Å². The van der Waals surface area contributed by atoms with Gasteiger partial charge in [-0.1, -0.05) is 6.92 Å². The lowest BCUT2D eigenvalue weighted by Crippen LogP contribution is -2.32. The fourth-order valence-electron chi connectivity index (χ4n) is 2.74. The molecule has 0 aliphatic rings. The molecule has 2 rings (SSSR count). The smallest absolute Gasteiger partial charge is 0.272 e. The number of non-ortho nitro benzene ring substituents is 1. The van der Waals surface area contributed by atoms with Gasteiger partial charge in [0.25, 0.3) is 11.6 Å². The number of sulfonamides is 1. The van der Waals surface area contributed by atoms with Gasteiger partial charge in [-0.15, -0.1) is 0 Å². The first-order valence-electron chi connectivity index (χ1n) is 9.81. The quantitative estimate of drug-likeness (QED) is 0.287. The zero-order chi connectivity index (χ0) is 24.1. The number of benzene rings is 1. The molecule has 13 heteroatoms. The molecule has 0 spiro atoms. The van der Waals surface area contributed by atoms with Crippen molar-refractivity contribution in [2.24, 2.45) is 7.05 Å². The Hall–Kier alpha value is -3.03. The van der Waals surface area contributed by atoms with Crippen molar-refractivity contribution in [3.05, 3.63) is 39.6 Å². The fraction of sp³-hybridized carbons (Fsp3) is 0.474. The summed E-state index contributed by atoms with van der Waals surface area (Å²) in [7, 11) is -1.09. The Bertz CT molecular complexity index is 1100. The van der Waals surface area contributed by atoms with E-state index in [1.165, 1.54) is 24.9 Å². The van der Waals surface area contributed by atoms with Crippen LogP contribution in [0.1, 0.15) is 36.3 Å². The molecule has 0 aliphatic heterocycles. The van der Waals surface area contributed by atoms with Crippen LogP contribution < -0.4 is 14.8 Å². The number of carbonyl (C=O) groups is 1. The lowest BCUT2D eigenvalue weighted by Gasteiger charge is -2.15. The molecule has 0 fully saturated rings. The zero-order valence-corrected chi connectivity index (χ0v) is 19.4. The summed E-state index contributed by atoms with van der Waals surface area (Å²) >= 11 is 0. The molecular formula is C19H27N5O7S. The second-order valence-electron chi connectivity index (χ2n) is 7.07. The van der Waals surface area contributed by atoms with Gasteiger partial charge in [0.2, 0.25) is 15.9 Å². The van der Waals surface area contributed by atoms with Crippen molar-refractivity contribution in [1.29, 1.82) is 0 Å². The second kappa shape index (κ2) is 10.5. The van der Waals surface area contributed by atoms with E-state index in [1.807, 2.05) is 0 Å². The molecule has 0 aliphatic carbocycles. The molecule has 32 heavy (non-hydrogen) atoms. The predicted octanol–water partition coefficient (Wildman–Crippen LogP) is 1.88. The van der Waals surface area contributed by atoms with Crippen molar-refractivity contribution in [2.75, 3.05) is 20.3 Å². The highest BCUT2D eigenvalue weighted by Gasteiger charge is 2.27. The molecule has 1 aromatic carbocycles. The Balaban J connectivity index is 2.47. The van der Waals surface area contributed by atoms with E-state index < -0.39 is 37.5 Å². The monoisotopic (exact) mass is 469 g/mol. The summed E-state index contributed by atoms with van der Waals surface area (Å²) in [6.45, 7) is 5.69. The number of hydrogen-bond acceptors (Lipinski definition) is 8. The number of ether oxygens (including phenoxy) is 2. The van der Waals surface area contributed by atoms with Gasteiger partial charge in [-0.25, -0.2) is 17.8 Å². The fourth-order valence-corrected chi connectivity index (χ4v) is 4.22. The van der Waals surface area contributed by atoms with Crippen molar-refractivity contribution < 1.29 is 27.6 Å². The molecule has 2 aromatic rings. The number of nitrogens with zero attached hydrogens (tertiary/aromatic N) is 3. The van der Waals surface area contributed by atoms with E-state index in [9.17, 15) is 23.3 Å². The summed E-state index contributed by atoms with van der Waals surface area (Å²) < 4.78 is 40.3. The first-order valence-corrected chi connectivity index (χ1v) is 11.3. The third kappa shape index (κ3) is 5.81. The molecule has 1 amide bonds. The third-order valence-electron chi connectivity index (χ3n) is 4.63. The van der Waals surface area contributed by atoms with Crippen molar-refractivity contribution in [2.45, 2.75) is 38.1 Å². The van der Waals surface area contributed by atoms with E-state index in [0.29, 0.717) is 18.6 Å². The molecule has 2 N–H and O–H groups in total. The van der Waals surface area contributed by atoms with Crippen LogP contribution in [0.25, 0.3) is 0 Å². The van der Waals surface area contributed by atoms with Crippen LogP contribution in [0.2, 0.25) is 0 Å². The summed E-state index contributed by atoms with van der Waals surface area (Å²) in [6, 6.07) is 2.88. The highest BCUT2D eigenvalue weighted by Crippen LogP contribution is 2.34. The molecule has 176 valence electrons. The Kier molecular flexibility index (Phi) is 8.30. The molecule has 0 saturated heterocycles. The second-order valence-corrected chi connectivity index (χ2v) is 8.75. The molecule has 1 aromatic heterocycles. The zero-order valence-electron chi connectivity index (χ0n) is 18.5. The Morgan fingerprint density at radius 1 is 1.38 bits per heavy atom. The van der Waals surface area contributed by atoms with Crippen LogP contribution in [0.15, 0.2) is 23.1 Å². The van der Waals surface area contributed by atoms with Gasteiger partial charge >= 0.3 is 0 Å². The maximum atomic E-state index is 12.9. The van der Waals surface area contributed by atoms with Gasteiger partial charge in [-0.05, 0) is 26.3 Å². The van der Waals surface area contributed by atoms with E-state index in [2.05, 4.69) is 15.1 Å². The number of nitro groups is 1. The molecule has 1 atom stereocenters. The topological polar surface area (TPSA) is 155 Å². The lowest BCUT2D eigenvalue weighted by molar-refractivity contribution is -0.385. The number of methoxy groups -OCH3 is 1. The van der Waals surface area contributed by atoms with Crippen LogP contribution in [0, 0.1) is 17.0 Å². The summed E-state index contributed by atoms with van der Waals surface area (Å²) in [6.07, 6.45) is 0.521. The molecule has 0 saturated carbocycles. The predicted molar refractivity (Wildman–Crippen MR) is 115 cm³/mol. The maximum absolute atomic E-state index is 12.9. The number of amides is 1. The number of aromatic nitrogens is 2. The molecular weight excluding hydrogens is 442 g/mol. The van der Waals surface area contributed by atoms with E-state index in [4.69, 9.17) is 9.47 Å². The Morgan fingerprint density at radius 2 is 2.06 bits per heavy atom. The third-order valence-corrected chi connectivity index (χ3v) is 6.24. The van der Waals surface area contributed by atoms with Crippen LogP contribution in [0.3, 0.4) is 0 Å². The maximum Gasteiger partial charge on any atom is 0.272 e. The highest BCUT2D eigenvalue weighted by molar-refractivity contribution is 7.89.